The number of ether oxygens (including phenoxy) is 1. The lowest BCUT2D eigenvalue weighted by atomic mass is 10.1. The third kappa shape index (κ3) is 1.65. The smallest absolute Gasteiger partial charge is 0.175 e. The highest BCUT2D eigenvalue weighted by Gasteiger charge is 2.30. The van der Waals surface area contributed by atoms with E-state index in [2.05, 4.69) is 0 Å². The van der Waals surface area contributed by atoms with Gasteiger partial charge in [0.15, 0.2) is 11.6 Å². The Hall–Kier alpha value is -1.64. The van der Waals surface area contributed by atoms with Crippen molar-refractivity contribution in [1.29, 1.82) is 0 Å². The van der Waals surface area contributed by atoms with Crippen LogP contribution in [0.1, 0.15) is 40.5 Å². The van der Waals surface area contributed by atoms with Gasteiger partial charge in [-0.25, -0.2) is 0 Å². The first kappa shape index (κ1) is 9.90. The summed E-state index contributed by atoms with van der Waals surface area (Å²) in [5.74, 6) is 0.323. The molecule has 0 aliphatic heterocycles. The first-order valence-corrected chi connectivity index (χ1v) is 5.06. The quantitative estimate of drug-likeness (QED) is 0.709. The third-order valence-electron chi connectivity index (χ3n) is 2.39. The summed E-state index contributed by atoms with van der Waals surface area (Å²) in [5.41, 5.74) is 0.976. The van der Waals surface area contributed by atoms with E-state index in [1.54, 1.807) is 18.2 Å². The Kier molecular flexibility index (Phi) is 2.54. The number of benzene rings is 1. The van der Waals surface area contributed by atoms with Crippen molar-refractivity contribution in [2.75, 3.05) is 6.61 Å². The summed E-state index contributed by atoms with van der Waals surface area (Å²) in [6.07, 6.45) is 0.869. The van der Waals surface area contributed by atoms with E-state index in [0.29, 0.717) is 23.5 Å². The molecule has 1 aliphatic carbocycles. The summed E-state index contributed by atoms with van der Waals surface area (Å²) >= 11 is 0. The Morgan fingerprint density at radius 1 is 1.27 bits per heavy atom. The second-order valence-corrected chi connectivity index (χ2v) is 3.55. The number of ketones is 2. The number of Topliss-reactive ketones (excluding diaryl/α,β-unsaturated/α-hetero) is 2. The summed E-state index contributed by atoms with van der Waals surface area (Å²) in [6, 6.07) is 5.17. The number of rotatable bonds is 3. The van der Waals surface area contributed by atoms with Gasteiger partial charge in [-0.15, -0.1) is 0 Å². The van der Waals surface area contributed by atoms with Crippen LogP contribution in [0.4, 0.5) is 0 Å². The van der Waals surface area contributed by atoms with Crippen molar-refractivity contribution < 1.29 is 14.3 Å². The van der Waals surface area contributed by atoms with Crippen LogP contribution >= 0.6 is 0 Å². The molecule has 0 spiro atoms. The normalized spacial score (nSPS) is 14.2. The molecule has 0 saturated carbocycles. The van der Waals surface area contributed by atoms with Crippen LogP contribution in [-0.4, -0.2) is 18.2 Å². The number of hydrogen-bond acceptors (Lipinski definition) is 3. The number of carbonyl (C=O) groups is 2. The minimum Gasteiger partial charge on any atom is -0.493 e. The summed E-state index contributed by atoms with van der Waals surface area (Å²) in [5, 5.41) is 0. The van der Waals surface area contributed by atoms with Crippen LogP contribution in [0.2, 0.25) is 0 Å². The van der Waals surface area contributed by atoms with E-state index >= 15 is 0 Å². The second kappa shape index (κ2) is 3.85. The highest BCUT2D eigenvalue weighted by atomic mass is 16.5. The molecule has 1 aromatic carbocycles. The van der Waals surface area contributed by atoms with Crippen molar-refractivity contribution >= 4 is 11.6 Å². The Labute approximate surface area is 88.1 Å². The Balaban J connectivity index is 2.41. The van der Waals surface area contributed by atoms with E-state index < -0.39 is 0 Å². The third-order valence-corrected chi connectivity index (χ3v) is 2.39. The molecule has 0 atom stereocenters. The van der Waals surface area contributed by atoms with Crippen molar-refractivity contribution in [3.63, 3.8) is 0 Å². The lowest BCUT2D eigenvalue weighted by Gasteiger charge is -2.07. The maximum absolute atomic E-state index is 11.6. The average Bonchev–Trinajstić information content (AvgIpc) is 2.53. The molecule has 2 rings (SSSR count). The van der Waals surface area contributed by atoms with Gasteiger partial charge in [0.25, 0.3) is 0 Å². The van der Waals surface area contributed by atoms with Crippen molar-refractivity contribution in [1.82, 2.24) is 0 Å². The Morgan fingerprint density at radius 3 is 2.80 bits per heavy atom. The summed E-state index contributed by atoms with van der Waals surface area (Å²) in [6.45, 7) is 2.56. The predicted octanol–water partition coefficient (Wildman–Crippen LogP) is 2.24. The van der Waals surface area contributed by atoms with Gasteiger partial charge in [0.05, 0.1) is 18.6 Å². The van der Waals surface area contributed by atoms with Gasteiger partial charge in [0.1, 0.15) is 5.75 Å². The van der Waals surface area contributed by atoms with Crippen LogP contribution in [-0.2, 0) is 0 Å². The largest absolute Gasteiger partial charge is 0.493 e. The fraction of sp³-hybridized carbons (Fsp3) is 0.333. The summed E-state index contributed by atoms with van der Waals surface area (Å²) in [4.78, 5) is 23.0. The molecule has 0 saturated heterocycles. The minimum absolute atomic E-state index is 0.0121. The molecule has 0 unspecified atom stereocenters. The van der Waals surface area contributed by atoms with Gasteiger partial charge in [-0.1, -0.05) is 19.1 Å². The van der Waals surface area contributed by atoms with Gasteiger partial charge in [-0.05, 0) is 12.5 Å². The number of carbonyl (C=O) groups excluding carboxylic acids is 2. The van der Waals surface area contributed by atoms with E-state index in [1.807, 2.05) is 6.92 Å². The zero-order valence-electron chi connectivity index (χ0n) is 8.58. The lowest BCUT2D eigenvalue weighted by molar-refractivity contribution is 0.0922. The van der Waals surface area contributed by atoms with Gasteiger partial charge in [0, 0.05) is 5.56 Å². The molecule has 3 heteroatoms. The molecule has 15 heavy (non-hydrogen) atoms. The van der Waals surface area contributed by atoms with E-state index in [9.17, 15) is 9.59 Å². The minimum atomic E-state index is -0.123. The van der Waals surface area contributed by atoms with E-state index in [1.165, 1.54) is 0 Å². The van der Waals surface area contributed by atoms with Gasteiger partial charge in [0.2, 0.25) is 0 Å². The van der Waals surface area contributed by atoms with Crippen molar-refractivity contribution in [3.05, 3.63) is 29.3 Å². The molecule has 0 N–H and O–H groups in total. The van der Waals surface area contributed by atoms with Crippen LogP contribution < -0.4 is 4.74 Å². The molecule has 78 valence electrons. The molecule has 1 aromatic rings. The lowest BCUT2D eigenvalue weighted by Crippen LogP contribution is -2.01. The van der Waals surface area contributed by atoms with Crippen LogP contribution in [0.25, 0.3) is 0 Å². The number of fused-ring (bicyclic) bond motifs is 1. The molecular weight excluding hydrogens is 192 g/mol. The standard InChI is InChI=1S/C12H12O3/c1-2-6-15-11-5-3-4-8-9(13)7-10(14)12(8)11/h3-5H,2,6-7H2,1H3. The van der Waals surface area contributed by atoms with Gasteiger partial charge in [-0.3, -0.25) is 9.59 Å². The topological polar surface area (TPSA) is 43.4 Å². The highest BCUT2D eigenvalue weighted by molar-refractivity contribution is 6.25. The van der Waals surface area contributed by atoms with Crippen LogP contribution in [0.5, 0.6) is 5.75 Å². The molecule has 0 amide bonds. The molecule has 3 nitrogen and oxygen atoms in total. The fourth-order valence-electron chi connectivity index (χ4n) is 1.71. The SMILES string of the molecule is CCCOc1cccc2c1C(=O)CC2=O. The van der Waals surface area contributed by atoms with E-state index in [0.717, 1.165) is 6.42 Å². The second-order valence-electron chi connectivity index (χ2n) is 3.55. The van der Waals surface area contributed by atoms with Crippen molar-refractivity contribution in [3.8, 4) is 5.75 Å². The highest BCUT2D eigenvalue weighted by Crippen LogP contribution is 2.30. The number of hydrogen-bond donors (Lipinski definition) is 0. The first-order chi connectivity index (χ1) is 7.24. The molecule has 0 heterocycles. The maximum Gasteiger partial charge on any atom is 0.175 e. The van der Waals surface area contributed by atoms with E-state index in [4.69, 9.17) is 4.74 Å². The molecule has 0 aromatic heterocycles. The molecule has 0 bridgehead atoms. The Bertz CT molecular complexity index is 421. The van der Waals surface area contributed by atoms with Crippen molar-refractivity contribution in [2.45, 2.75) is 19.8 Å². The van der Waals surface area contributed by atoms with E-state index in [-0.39, 0.29) is 18.0 Å². The van der Waals surface area contributed by atoms with Crippen molar-refractivity contribution in [2.24, 2.45) is 0 Å². The van der Waals surface area contributed by atoms with Gasteiger partial charge in [-0.2, -0.15) is 0 Å². The van der Waals surface area contributed by atoms with Crippen LogP contribution in [0, 0.1) is 0 Å². The summed E-state index contributed by atoms with van der Waals surface area (Å²) in [7, 11) is 0. The zero-order chi connectivity index (χ0) is 10.8. The monoisotopic (exact) mass is 204 g/mol. The molecule has 0 fully saturated rings. The molecular formula is C12H12O3. The maximum atomic E-state index is 11.6. The predicted molar refractivity (Wildman–Crippen MR) is 55.5 cm³/mol. The van der Waals surface area contributed by atoms with Crippen LogP contribution in [0.15, 0.2) is 18.2 Å². The zero-order valence-corrected chi connectivity index (χ0v) is 8.58. The average molecular weight is 204 g/mol. The fourth-order valence-corrected chi connectivity index (χ4v) is 1.71. The Morgan fingerprint density at radius 2 is 2.07 bits per heavy atom. The molecule has 1 aliphatic rings. The first-order valence-electron chi connectivity index (χ1n) is 5.06. The summed E-state index contributed by atoms with van der Waals surface area (Å²) < 4.78 is 5.44. The van der Waals surface area contributed by atoms with Gasteiger partial charge < -0.3 is 4.74 Å². The van der Waals surface area contributed by atoms with Gasteiger partial charge >= 0.3 is 0 Å². The molecule has 0 radical (unpaired) electrons. The van der Waals surface area contributed by atoms with Crippen LogP contribution in [0.3, 0.4) is 0 Å².